The van der Waals surface area contributed by atoms with Crippen LogP contribution in [-0.2, 0) is 4.74 Å². The summed E-state index contributed by atoms with van der Waals surface area (Å²) >= 11 is 0. The van der Waals surface area contributed by atoms with E-state index in [1.54, 1.807) is 0 Å². The molecule has 2 N–H and O–H groups in total. The number of aliphatic imine (C=N–C) groups is 1. The fourth-order valence-corrected chi connectivity index (χ4v) is 3.31. The molecular weight excluding hydrogens is 389 g/mol. The SMILES string of the molecule is CCC1CCCC(NC(=NC)NCCC2=CCOCC2)C1.I. The Bertz CT molecular complexity index is 371. The number of hydrogen-bond acceptors (Lipinski definition) is 2. The molecule has 0 aromatic rings. The van der Waals surface area contributed by atoms with Crippen LogP contribution < -0.4 is 10.6 Å². The molecule has 0 radical (unpaired) electrons. The highest BCUT2D eigenvalue weighted by atomic mass is 127. The second-order valence-corrected chi connectivity index (χ2v) is 6.22. The zero-order valence-corrected chi connectivity index (χ0v) is 16.4. The van der Waals surface area contributed by atoms with E-state index in [0.717, 1.165) is 44.5 Å². The summed E-state index contributed by atoms with van der Waals surface area (Å²) in [6.07, 6.45) is 11.0. The van der Waals surface area contributed by atoms with Crippen LogP contribution in [0.5, 0.6) is 0 Å². The Kier molecular flexibility index (Phi) is 10.1. The second-order valence-electron chi connectivity index (χ2n) is 6.22. The molecule has 22 heavy (non-hydrogen) atoms. The highest BCUT2D eigenvalue weighted by Crippen LogP contribution is 2.26. The molecule has 2 aliphatic rings. The van der Waals surface area contributed by atoms with Gasteiger partial charge in [0.2, 0.25) is 0 Å². The van der Waals surface area contributed by atoms with Gasteiger partial charge in [-0.05, 0) is 31.6 Å². The first-order chi connectivity index (χ1) is 10.3. The van der Waals surface area contributed by atoms with Crippen molar-refractivity contribution in [3.8, 4) is 0 Å². The first kappa shape index (κ1) is 19.7. The maximum absolute atomic E-state index is 5.34. The predicted molar refractivity (Wildman–Crippen MR) is 104 cm³/mol. The number of rotatable bonds is 5. The van der Waals surface area contributed by atoms with E-state index < -0.39 is 0 Å². The number of ether oxygens (including phenoxy) is 1. The van der Waals surface area contributed by atoms with Crippen LogP contribution in [-0.4, -0.2) is 38.8 Å². The fraction of sp³-hybridized carbons (Fsp3) is 0.824. The fourth-order valence-electron chi connectivity index (χ4n) is 3.31. The number of nitrogens with zero attached hydrogens (tertiary/aromatic N) is 1. The Morgan fingerprint density at radius 1 is 1.41 bits per heavy atom. The average Bonchev–Trinajstić information content (AvgIpc) is 2.55. The number of nitrogens with one attached hydrogen (secondary N) is 2. The van der Waals surface area contributed by atoms with Crippen LogP contribution in [0.1, 0.15) is 51.9 Å². The smallest absolute Gasteiger partial charge is 0.191 e. The molecule has 2 rings (SSSR count). The largest absolute Gasteiger partial charge is 0.377 e. The Labute approximate surface area is 152 Å². The van der Waals surface area contributed by atoms with E-state index in [1.165, 1.54) is 37.7 Å². The zero-order valence-electron chi connectivity index (χ0n) is 14.1. The molecule has 5 heteroatoms. The minimum atomic E-state index is 0. The van der Waals surface area contributed by atoms with Crippen molar-refractivity contribution in [3.05, 3.63) is 11.6 Å². The van der Waals surface area contributed by atoms with E-state index in [2.05, 4.69) is 28.6 Å². The first-order valence-corrected chi connectivity index (χ1v) is 8.54. The van der Waals surface area contributed by atoms with Crippen molar-refractivity contribution in [1.29, 1.82) is 0 Å². The molecule has 0 saturated heterocycles. The van der Waals surface area contributed by atoms with Crippen LogP contribution in [0.25, 0.3) is 0 Å². The van der Waals surface area contributed by atoms with Gasteiger partial charge in [0.1, 0.15) is 0 Å². The first-order valence-electron chi connectivity index (χ1n) is 8.54. The van der Waals surface area contributed by atoms with Crippen molar-refractivity contribution in [2.24, 2.45) is 10.9 Å². The van der Waals surface area contributed by atoms with Gasteiger partial charge < -0.3 is 15.4 Å². The third-order valence-electron chi connectivity index (χ3n) is 4.72. The summed E-state index contributed by atoms with van der Waals surface area (Å²) < 4.78 is 5.34. The maximum atomic E-state index is 5.34. The molecule has 0 bridgehead atoms. The van der Waals surface area contributed by atoms with Gasteiger partial charge in [0.15, 0.2) is 5.96 Å². The molecule has 128 valence electrons. The van der Waals surface area contributed by atoms with Gasteiger partial charge in [0, 0.05) is 19.6 Å². The molecule has 2 atom stereocenters. The quantitative estimate of drug-likeness (QED) is 0.309. The van der Waals surface area contributed by atoms with E-state index in [9.17, 15) is 0 Å². The van der Waals surface area contributed by atoms with Crippen molar-refractivity contribution < 1.29 is 4.74 Å². The number of halogens is 1. The third kappa shape index (κ3) is 6.86. The van der Waals surface area contributed by atoms with Gasteiger partial charge in [-0.1, -0.05) is 37.8 Å². The molecule has 0 amide bonds. The van der Waals surface area contributed by atoms with Crippen LogP contribution >= 0.6 is 24.0 Å². The van der Waals surface area contributed by atoms with Crippen LogP contribution in [0.15, 0.2) is 16.6 Å². The molecule has 0 aromatic heterocycles. The average molecular weight is 421 g/mol. The minimum absolute atomic E-state index is 0. The Balaban J connectivity index is 0.00000242. The van der Waals surface area contributed by atoms with Gasteiger partial charge in [0.25, 0.3) is 0 Å². The summed E-state index contributed by atoms with van der Waals surface area (Å²) in [6, 6.07) is 0.595. The normalized spacial score (nSPS) is 25.9. The van der Waals surface area contributed by atoms with E-state index in [-0.39, 0.29) is 24.0 Å². The third-order valence-corrected chi connectivity index (χ3v) is 4.72. The van der Waals surface area contributed by atoms with E-state index >= 15 is 0 Å². The van der Waals surface area contributed by atoms with Crippen LogP contribution in [0.2, 0.25) is 0 Å². The van der Waals surface area contributed by atoms with Gasteiger partial charge >= 0.3 is 0 Å². The summed E-state index contributed by atoms with van der Waals surface area (Å²) in [5.41, 5.74) is 1.51. The molecular formula is C17H32IN3O. The molecule has 1 aliphatic carbocycles. The summed E-state index contributed by atoms with van der Waals surface area (Å²) in [5, 5.41) is 7.06. The highest BCUT2D eigenvalue weighted by molar-refractivity contribution is 14.0. The molecule has 2 unspecified atom stereocenters. The molecule has 1 saturated carbocycles. The molecule has 1 aliphatic heterocycles. The van der Waals surface area contributed by atoms with Gasteiger partial charge in [-0.2, -0.15) is 0 Å². The minimum Gasteiger partial charge on any atom is -0.377 e. The lowest BCUT2D eigenvalue weighted by Gasteiger charge is -2.30. The van der Waals surface area contributed by atoms with Crippen molar-refractivity contribution >= 4 is 29.9 Å². The van der Waals surface area contributed by atoms with Gasteiger partial charge in [0.05, 0.1) is 13.2 Å². The van der Waals surface area contributed by atoms with Gasteiger partial charge in [-0.15, -0.1) is 24.0 Å². The zero-order chi connectivity index (χ0) is 14.9. The van der Waals surface area contributed by atoms with Gasteiger partial charge in [-0.3, -0.25) is 4.99 Å². The molecule has 1 heterocycles. The Morgan fingerprint density at radius 3 is 2.95 bits per heavy atom. The van der Waals surface area contributed by atoms with Crippen LogP contribution in [0, 0.1) is 5.92 Å². The lowest BCUT2D eigenvalue weighted by molar-refractivity contribution is 0.153. The standard InChI is InChI=1S/C17H31N3O.HI/c1-3-14-5-4-6-16(13-14)20-17(18-2)19-10-7-15-8-11-21-12-9-15;/h8,14,16H,3-7,9-13H2,1-2H3,(H2,18,19,20);1H. The topological polar surface area (TPSA) is 45.7 Å². The van der Waals surface area contributed by atoms with Crippen molar-refractivity contribution in [1.82, 2.24) is 10.6 Å². The van der Waals surface area contributed by atoms with Crippen LogP contribution in [0.4, 0.5) is 0 Å². The molecule has 4 nitrogen and oxygen atoms in total. The summed E-state index contributed by atoms with van der Waals surface area (Å²) in [5.74, 6) is 1.85. The maximum Gasteiger partial charge on any atom is 0.191 e. The van der Waals surface area contributed by atoms with Gasteiger partial charge in [-0.25, -0.2) is 0 Å². The summed E-state index contributed by atoms with van der Waals surface area (Å²) in [6.45, 7) is 4.92. The number of guanidine groups is 1. The Morgan fingerprint density at radius 2 is 2.27 bits per heavy atom. The lowest BCUT2D eigenvalue weighted by atomic mass is 9.84. The van der Waals surface area contributed by atoms with Crippen LogP contribution in [0.3, 0.4) is 0 Å². The second kappa shape index (κ2) is 11.3. The van der Waals surface area contributed by atoms with E-state index in [4.69, 9.17) is 4.74 Å². The van der Waals surface area contributed by atoms with Crippen molar-refractivity contribution in [2.45, 2.75) is 57.9 Å². The van der Waals surface area contributed by atoms with E-state index in [1.807, 2.05) is 7.05 Å². The summed E-state index contributed by atoms with van der Waals surface area (Å²) in [7, 11) is 1.86. The molecule has 0 spiro atoms. The van der Waals surface area contributed by atoms with Crippen molar-refractivity contribution in [3.63, 3.8) is 0 Å². The lowest BCUT2D eigenvalue weighted by Crippen LogP contribution is -2.45. The molecule has 1 fully saturated rings. The van der Waals surface area contributed by atoms with E-state index in [0.29, 0.717) is 6.04 Å². The summed E-state index contributed by atoms with van der Waals surface area (Å²) in [4.78, 5) is 4.37. The molecule has 0 aromatic carbocycles. The number of hydrogen-bond donors (Lipinski definition) is 2. The van der Waals surface area contributed by atoms with Crippen molar-refractivity contribution in [2.75, 3.05) is 26.8 Å². The monoisotopic (exact) mass is 421 g/mol. The highest BCUT2D eigenvalue weighted by Gasteiger charge is 2.21. The predicted octanol–water partition coefficient (Wildman–Crippen LogP) is 3.48. The Hall–Kier alpha value is -0.300.